The van der Waals surface area contributed by atoms with Gasteiger partial charge < -0.3 is 0 Å². The Labute approximate surface area is 74.9 Å². The Morgan fingerprint density at radius 3 is 2.36 bits per heavy atom. The van der Waals surface area contributed by atoms with Crippen LogP contribution < -0.4 is 0 Å². The summed E-state index contributed by atoms with van der Waals surface area (Å²) < 4.78 is 15.8. The summed E-state index contributed by atoms with van der Waals surface area (Å²) in [5.41, 5.74) is 0. The minimum Gasteiger partial charge on any atom is -0.287 e. The van der Waals surface area contributed by atoms with Crippen LogP contribution in [0.2, 0.25) is 0 Å². The van der Waals surface area contributed by atoms with E-state index in [1.807, 2.05) is 0 Å². The third-order valence-corrected chi connectivity index (χ3v) is 2.85. The van der Waals surface area contributed by atoms with E-state index in [4.69, 9.17) is 15.8 Å². The highest BCUT2D eigenvalue weighted by molar-refractivity contribution is 7.79. The van der Waals surface area contributed by atoms with Gasteiger partial charge in [0.2, 0.25) is 0 Å². The maximum Gasteiger partial charge on any atom is 0.152 e. The van der Waals surface area contributed by atoms with Gasteiger partial charge >= 0.3 is 0 Å². The van der Waals surface area contributed by atoms with Crippen molar-refractivity contribution >= 4 is 22.7 Å². The molecule has 0 amide bonds. The summed E-state index contributed by atoms with van der Waals surface area (Å²) in [5, 5.41) is 0.306. The van der Waals surface area contributed by atoms with Gasteiger partial charge in [-0.05, 0) is 25.7 Å². The SMILES string of the molecule is CS(=O)OC1CCC(Cl)CC1. The molecule has 1 fully saturated rings. The van der Waals surface area contributed by atoms with Crippen LogP contribution in [0.5, 0.6) is 0 Å². The van der Waals surface area contributed by atoms with Gasteiger partial charge in [-0.25, -0.2) is 4.21 Å². The predicted molar refractivity (Wildman–Crippen MR) is 47.0 cm³/mol. The first-order valence-electron chi connectivity index (χ1n) is 3.83. The molecule has 0 bridgehead atoms. The molecule has 0 aromatic rings. The van der Waals surface area contributed by atoms with E-state index < -0.39 is 11.1 Å². The Morgan fingerprint density at radius 2 is 1.91 bits per heavy atom. The lowest BCUT2D eigenvalue weighted by Crippen LogP contribution is -2.22. The van der Waals surface area contributed by atoms with Crippen molar-refractivity contribution in [1.82, 2.24) is 0 Å². The summed E-state index contributed by atoms with van der Waals surface area (Å²) in [4.78, 5) is 0. The van der Waals surface area contributed by atoms with Crippen molar-refractivity contribution in [3.63, 3.8) is 0 Å². The lowest BCUT2D eigenvalue weighted by Gasteiger charge is -2.23. The second kappa shape index (κ2) is 4.43. The van der Waals surface area contributed by atoms with Gasteiger partial charge in [0, 0.05) is 11.6 Å². The second-order valence-electron chi connectivity index (χ2n) is 2.87. The van der Waals surface area contributed by atoms with Gasteiger partial charge in [0.05, 0.1) is 6.10 Å². The molecule has 1 unspecified atom stereocenters. The highest BCUT2D eigenvalue weighted by Gasteiger charge is 2.20. The topological polar surface area (TPSA) is 26.3 Å². The molecule has 2 nitrogen and oxygen atoms in total. The van der Waals surface area contributed by atoms with Crippen LogP contribution in [0.3, 0.4) is 0 Å². The number of halogens is 1. The number of alkyl halides is 1. The van der Waals surface area contributed by atoms with Crippen LogP contribution in [-0.4, -0.2) is 21.9 Å². The minimum atomic E-state index is -1.12. The van der Waals surface area contributed by atoms with Crippen LogP contribution in [0.4, 0.5) is 0 Å². The van der Waals surface area contributed by atoms with Crippen molar-refractivity contribution in [1.29, 1.82) is 0 Å². The summed E-state index contributed by atoms with van der Waals surface area (Å²) in [7, 11) is 0. The zero-order chi connectivity index (χ0) is 8.27. The summed E-state index contributed by atoms with van der Waals surface area (Å²) in [6.45, 7) is 0. The molecule has 0 radical (unpaired) electrons. The molecular weight excluding hydrogens is 184 g/mol. The first-order chi connectivity index (χ1) is 5.18. The molecule has 4 heteroatoms. The van der Waals surface area contributed by atoms with Gasteiger partial charge in [-0.1, -0.05) is 0 Å². The normalized spacial score (nSPS) is 35.1. The molecule has 0 heterocycles. The molecule has 0 aliphatic heterocycles. The van der Waals surface area contributed by atoms with Crippen LogP contribution in [0.1, 0.15) is 25.7 Å². The largest absolute Gasteiger partial charge is 0.287 e. The standard InChI is InChI=1S/C7H13ClO2S/c1-11(9)10-7-4-2-6(8)3-5-7/h6-7H,2-5H2,1H3. The molecule has 1 aliphatic rings. The molecule has 0 aromatic carbocycles. The molecule has 0 saturated heterocycles. The van der Waals surface area contributed by atoms with Crippen LogP contribution in [0, 0.1) is 0 Å². The predicted octanol–water partition coefficient (Wildman–Crippen LogP) is 1.85. The molecular formula is C7H13ClO2S. The van der Waals surface area contributed by atoms with Crippen LogP contribution in [0.25, 0.3) is 0 Å². The average molecular weight is 197 g/mol. The number of hydrogen-bond acceptors (Lipinski definition) is 2. The van der Waals surface area contributed by atoms with Crippen molar-refractivity contribution in [2.45, 2.75) is 37.2 Å². The Balaban J connectivity index is 2.22. The maximum atomic E-state index is 10.6. The van der Waals surface area contributed by atoms with Crippen molar-refractivity contribution < 1.29 is 8.39 Å². The van der Waals surface area contributed by atoms with Gasteiger partial charge in [-0.15, -0.1) is 11.6 Å². The first kappa shape index (κ1) is 9.49. The Hall–Kier alpha value is 0.400. The van der Waals surface area contributed by atoms with E-state index in [2.05, 4.69) is 0 Å². The summed E-state index contributed by atoms with van der Waals surface area (Å²) in [6, 6.07) is 0. The quantitative estimate of drug-likeness (QED) is 0.631. The van der Waals surface area contributed by atoms with Gasteiger partial charge in [0.25, 0.3) is 0 Å². The fourth-order valence-electron chi connectivity index (χ4n) is 1.31. The van der Waals surface area contributed by atoms with Crippen molar-refractivity contribution in [2.75, 3.05) is 6.26 Å². The van der Waals surface area contributed by atoms with Gasteiger partial charge in [-0.3, -0.25) is 4.18 Å². The molecule has 0 N–H and O–H groups in total. The number of rotatable bonds is 2. The Morgan fingerprint density at radius 1 is 1.36 bits per heavy atom. The van der Waals surface area contributed by atoms with Crippen molar-refractivity contribution in [2.24, 2.45) is 0 Å². The monoisotopic (exact) mass is 196 g/mol. The molecule has 1 atom stereocenters. The Bertz CT molecular complexity index is 143. The van der Waals surface area contributed by atoms with Gasteiger partial charge in [0.15, 0.2) is 11.1 Å². The van der Waals surface area contributed by atoms with E-state index in [0.717, 1.165) is 25.7 Å². The molecule has 0 aromatic heterocycles. The van der Waals surface area contributed by atoms with Crippen LogP contribution in [0.15, 0.2) is 0 Å². The molecule has 11 heavy (non-hydrogen) atoms. The highest BCUT2D eigenvalue weighted by atomic mass is 35.5. The first-order valence-corrected chi connectivity index (χ1v) is 5.75. The van der Waals surface area contributed by atoms with Crippen molar-refractivity contribution in [3.05, 3.63) is 0 Å². The van der Waals surface area contributed by atoms with E-state index in [9.17, 15) is 4.21 Å². The molecule has 1 saturated carbocycles. The molecule has 0 spiro atoms. The fraction of sp³-hybridized carbons (Fsp3) is 1.00. The molecule has 66 valence electrons. The van der Waals surface area contributed by atoms with E-state index >= 15 is 0 Å². The minimum absolute atomic E-state index is 0.177. The van der Waals surface area contributed by atoms with E-state index in [1.54, 1.807) is 6.26 Å². The molecule has 1 aliphatic carbocycles. The fourth-order valence-corrected chi connectivity index (χ4v) is 2.14. The summed E-state index contributed by atoms with van der Waals surface area (Å²) in [5.74, 6) is 0. The van der Waals surface area contributed by atoms with Crippen molar-refractivity contribution in [3.8, 4) is 0 Å². The lowest BCUT2D eigenvalue weighted by molar-refractivity contribution is 0.176. The van der Waals surface area contributed by atoms with E-state index in [1.165, 1.54) is 0 Å². The highest BCUT2D eigenvalue weighted by Crippen LogP contribution is 2.24. The third-order valence-electron chi connectivity index (χ3n) is 1.88. The van der Waals surface area contributed by atoms with Crippen LogP contribution in [-0.2, 0) is 15.3 Å². The van der Waals surface area contributed by atoms with Gasteiger partial charge in [0.1, 0.15) is 0 Å². The smallest absolute Gasteiger partial charge is 0.152 e. The zero-order valence-corrected chi connectivity index (χ0v) is 8.16. The van der Waals surface area contributed by atoms with E-state index in [-0.39, 0.29) is 6.10 Å². The zero-order valence-electron chi connectivity index (χ0n) is 6.59. The molecule has 1 rings (SSSR count). The summed E-state index contributed by atoms with van der Waals surface area (Å²) in [6.07, 6.45) is 5.62. The Kier molecular flexibility index (Phi) is 3.82. The lowest BCUT2D eigenvalue weighted by atomic mass is 9.98. The second-order valence-corrected chi connectivity index (χ2v) is 4.48. The van der Waals surface area contributed by atoms with Crippen LogP contribution >= 0.6 is 11.6 Å². The van der Waals surface area contributed by atoms with E-state index in [0.29, 0.717) is 5.38 Å². The van der Waals surface area contributed by atoms with Gasteiger partial charge in [-0.2, -0.15) is 0 Å². The third kappa shape index (κ3) is 3.54. The average Bonchev–Trinajstić information content (AvgIpc) is 1.93. The number of hydrogen-bond donors (Lipinski definition) is 0. The maximum absolute atomic E-state index is 10.6. The summed E-state index contributed by atoms with van der Waals surface area (Å²) >= 11 is 4.77.